The van der Waals surface area contributed by atoms with Gasteiger partial charge in [-0.1, -0.05) is 6.07 Å². The van der Waals surface area contributed by atoms with Gasteiger partial charge in [-0.25, -0.2) is 8.78 Å². The molecule has 0 saturated heterocycles. The fourth-order valence-corrected chi connectivity index (χ4v) is 2.58. The molecule has 110 valence electrons. The number of nitrogens with two attached hydrogens (primary N) is 1. The summed E-state index contributed by atoms with van der Waals surface area (Å²) in [6.45, 7) is 1.66. The van der Waals surface area contributed by atoms with E-state index in [-0.39, 0.29) is 17.4 Å². The molecule has 2 aromatic carbocycles. The van der Waals surface area contributed by atoms with E-state index >= 15 is 0 Å². The SMILES string of the molecule is CC(Sc1cccc(F)c1)C(=O)Nc1cc(N)ccc1F. The molecule has 0 aliphatic rings. The summed E-state index contributed by atoms with van der Waals surface area (Å²) in [5, 5.41) is 1.97. The van der Waals surface area contributed by atoms with Crippen molar-refractivity contribution in [1.82, 2.24) is 0 Å². The van der Waals surface area contributed by atoms with E-state index in [1.807, 2.05) is 0 Å². The van der Waals surface area contributed by atoms with Crippen molar-refractivity contribution in [2.24, 2.45) is 0 Å². The van der Waals surface area contributed by atoms with Crippen LogP contribution < -0.4 is 11.1 Å². The van der Waals surface area contributed by atoms with Crippen LogP contribution in [0.15, 0.2) is 47.4 Å². The minimum absolute atomic E-state index is 0.0340. The third kappa shape index (κ3) is 4.19. The van der Waals surface area contributed by atoms with E-state index in [1.54, 1.807) is 19.1 Å². The second-order valence-corrected chi connectivity index (χ2v) is 5.86. The van der Waals surface area contributed by atoms with Crippen LogP contribution in [-0.2, 0) is 4.79 Å². The first-order chi connectivity index (χ1) is 9.95. The maximum Gasteiger partial charge on any atom is 0.237 e. The van der Waals surface area contributed by atoms with Crippen molar-refractivity contribution in [1.29, 1.82) is 0 Å². The van der Waals surface area contributed by atoms with Crippen LogP contribution in [-0.4, -0.2) is 11.2 Å². The van der Waals surface area contributed by atoms with Crippen LogP contribution in [0.1, 0.15) is 6.92 Å². The second-order valence-electron chi connectivity index (χ2n) is 4.45. The molecule has 21 heavy (non-hydrogen) atoms. The van der Waals surface area contributed by atoms with Crippen molar-refractivity contribution in [2.45, 2.75) is 17.1 Å². The van der Waals surface area contributed by atoms with E-state index in [0.29, 0.717) is 10.6 Å². The molecule has 0 saturated carbocycles. The lowest BCUT2D eigenvalue weighted by molar-refractivity contribution is -0.115. The molecule has 6 heteroatoms. The summed E-state index contributed by atoms with van der Waals surface area (Å²) in [6, 6.07) is 9.91. The van der Waals surface area contributed by atoms with Crippen LogP contribution in [0.25, 0.3) is 0 Å². The molecule has 1 unspecified atom stereocenters. The first kappa shape index (κ1) is 15.3. The fraction of sp³-hybridized carbons (Fsp3) is 0.133. The van der Waals surface area contributed by atoms with E-state index in [0.717, 1.165) is 0 Å². The number of halogens is 2. The van der Waals surface area contributed by atoms with E-state index in [2.05, 4.69) is 5.32 Å². The molecule has 0 fully saturated rings. The molecule has 3 nitrogen and oxygen atoms in total. The molecule has 0 aliphatic carbocycles. The van der Waals surface area contributed by atoms with Crippen LogP contribution in [0.2, 0.25) is 0 Å². The van der Waals surface area contributed by atoms with Gasteiger partial charge in [0.2, 0.25) is 5.91 Å². The highest BCUT2D eigenvalue weighted by Gasteiger charge is 2.16. The number of carbonyl (C=O) groups excluding carboxylic acids is 1. The Morgan fingerprint density at radius 1 is 1.24 bits per heavy atom. The summed E-state index contributed by atoms with van der Waals surface area (Å²) in [6.07, 6.45) is 0. The Balaban J connectivity index is 2.04. The van der Waals surface area contributed by atoms with Gasteiger partial charge in [-0.15, -0.1) is 11.8 Å². The van der Waals surface area contributed by atoms with E-state index in [9.17, 15) is 13.6 Å². The van der Waals surface area contributed by atoms with Gasteiger partial charge in [-0.05, 0) is 43.3 Å². The predicted molar refractivity (Wildman–Crippen MR) is 81.2 cm³/mol. The molecule has 0 heterocycles. The minimum atomic E-state index is -0.555. The number of hydrogen-bond acceptors (Lipinski definition) is 3. The summed E-state index contributed by atoms with van der Waals surface area (Å²) in [4.78, 5) is 12.7. The molecule has 1 amide bonds. The smallest absolute Gasteiger partial charge is 0.237 e. The standard InChI is InChI=1S/C15H14F2N2OS/c1-9(21-12-4-2-3-10(16)7-12)15(20)19-14-8-11(18)5-6-13(14)17/h2-9H,18H2,1H3,(H,19,20). The predicted octanol–water partition coefficient (Wildman–Crippen LogP) is 3.67. The van der Waals surface area contributed by atoms with Gasteiger partial charge in [-0.3, -0.25) is 4.79 Å². The minimum Gasteiger partial charge on any atom is -0.399 e. The number of nitrogen functional groups attached to an aromatic ring is 1. The lowest BCUT2D eigenvalue weighted by Gasteiger charge is -2.13. The van der Waals surface area contributed by atoms with Crippen molar-refractivity contribution in [3.05, 3.63) is 54.1 Å². The monoisotopic (exact) mass is 308 g/mol. The average molecular weight is 308 g/mol. The molecule has 0 radical (unpaired) electrons. The lowest BCUT2D eigenvalue weighted by Crippen LogP contribution is -2.23. The summed E-state index contributed by atoms with van der Waals surface area (Å²) >= 11 is 1.19. The summed E-state index contributed by atoms with van der Waals surface area (Å²) in [7, 11) is 0. The number of amides is 1. The zero-order valence-corrected chi connectivity index (χ0v) is 12.1. The van der Waals surface area contributed by atoms with E-state index in [1.165, 1.54) is 42.1 Å². The van der Waals surface area contributed by atoms with Crippen LogP contribution in [0.4, 0.5) is 20.2 Å². The molecule has 0 aliphatic heterocycles. The molecule has 2 aromatic rings. The van der Waals surface area contributed by atoms with E-state index in [4.69, 9.17) is 5.73 Å². The van der Waals surface area contributed by atoms with Crippen molar-refractivity contribution in [2.75, 3.05) is 11.1 Å². The zero-order valence-electron chi connectivity index (χ0n) is 11.3. The quantitative estimate of drug-likeness (QED) is 0.669. The Labute approximate surface area is 125 Å². The molecular formula is C15H14F2N2OS. The Morgan fingerprint density at radius 3 is 2.71 bits per heavy atom. The molecule has 2 rings (SSSR count). The Bertz CT molecular complexity index is 664. The summed E-state index contributed by atoms with van der Waals surface area (Å²) < 4.78 is 26.6. The van der Waals surface area contributed by atoms with Gasteiger partial charge in [0.05, 0.1) is 10.9 Å². The average Bonchev–Trinajstić information content (AvgIpc) is 2.43. The Morgan fingerprint density at radius 2 is 2.00 bits per heavy atom. The number of thioether (sulfide) groups is 1. The van der Waals surface area contributed by atoms with Crippen LogP contribution in [0.3, 0.4) is 0 Å². The van der Waals surface area contributed by atoms with E-state index < -0.39 is 11.1 Å². The van der Waals surface area contributed by atoms with Crippen molar-refractivity contribution < 1.29 is 13.6 Å². The highest BCUT2D eigenvalue weighted by Crippen LogP contribution is 2.25. The Kier molecular flexibility index (Phi) is 4.80. The molecule has 0 spiro atoms. The third-order valence-electron chi connectivity index (χ3n) is 2.73. The number of anilines is 2. The summed E-state index contributed by atoms with van der Waals surface area (Å²) in [5.41, 5.74) is 5.95. The number of nitrogens with one attached hydrogen (secondary N) is 1. The highest BCUT2D eigenvalue weighted by molar-refractivity contribution is 8.00. The molecular weight excluding hydrogens is 294 g/mol. The number of hydrogen-bond donors (Lipinski definition) is 2. The molecule has 3 N–H and O–H groups in total. The first-order valence-corrected chi connectivity index (χ1v) is 7.12. The number of rotatable bonds is 4. The van der Waals surface area contributed by atoms with Crippen molar-refractivity contribution >= 4 is 29.0 Å². The maximum atomic E-state index is 13.5. The molecule has 1 atom stereocenters. The largest absolute Gasteiger partial charge is 0.399 e. The van der Waals surface area contributed by atoms with Gasteiger partial charge in [0, 0.05) is 10.6 Å². The Hall–Kier alpha value is -2.08. The summed E-state index contributed by atoms with van der Waals surface area (Å²) in [5.74, 6) is -1.30. The normalized spacial score (nSPS) is 12.0. The van der Waals surface area contributed by atoms with Gasteiger partial charge >= 0.3 is 0 Å². The van der Waals surface area contributed by atoms with Crippen molar-refractivity contribution in [3.63, 3.8) is 0 Å². The van der Waals surface area contributed by atoms with Gasteiger partial charge < -0.3 is 11.1 Å². The third-order valence-corrected chi connectivity index (χ3v) is 3.82. The molecule has 0 bridgehead atoms. The number of carbonyl (C=O) groups is 1. The number of benzene rings is 2. The van der Waals surface area contributed by atoms with Crippen LogP contribution in [0.5, 0.6) is 0 Å². The highest BCUT2D eigenvalue weighted by atomic mass is 32.2. The zero-order chi connectivity index (χ0) is 15.4. The maximum absolute atomic E-state index is 13.5. The van der Waals surface area contributed by atoms with Gasteiger partial charge in [0.15, 0.2) is 0 Å². The first-order valence-electron chi connectivity index (χ1n) is 6.24. The fourth-order valence-electron chi connectivity index (χ4n) is 1.67. The second kappa shape index (κ2) is 6.58. The topological polar surface area (TPSA) is 55.1 Å². The van der Waals surface area contributed by atoms with Crippen molar-refractivity contribution in [3.8, 4) is 0 Å². The van der Waals surface area contributed by atoms with Crippen LogP contribution >= 0.6 is 11.8 Å². The lowest BCUT2D eigenvalue weighted by atomic mass is 10.2. The van der Waals surface area contributed by atoms with Gasteiger partial charge in [0.25, 0.3) is 0 Å². The molecule has 0 aromatic heterocycles. The van der Waals surface area contributed by atoms with Crippen LogP contribution in [0, 0.1) is 11.6 Å². The van der Waals surface area contributed by atoms with Gasteiger partial charge in [-0.2, -0.15) is 0 Å². The van der Waals surface area contributed by atoms with Gasteiger partial charge in [0.1, 0.15) is 11.6 Å².